The maximum absolute atomic E-state index is 5.82. The van der Waals surface area contributed by atoms with E-state index >= 15 is 0 Å². The van der Waals surface area contributed by atoms with Gasteiger partial charge in [-0.15, -0.1) is 0 Å². The van der Waals surface area contributed by atoms with E-state index in [2.05, 4.69) is 37.4 Å². The molecule has 2 rings (SSSR count). The number of aryl methyl sites for hydroxylation is 2. The summed E-state index contributed by atoms with van der Waals surface area (Å²) in [5, 5.41) is 3.57. The molecule has 0 spiro atoms. The van der Waals surface area contributed by atoms with Crippen molar-refractivity contribution in [1.29, 1.82) is 0 Å². The van der Waals surface area contributed by atoms with Crippen LogP contribution in [0.25, 0.3) is 0 Å². The summed E-state index contributed by atoms with van der Waals surface area (Å²) in [7, 11) is 0. The first-order chi connectivity index (χ1) is 8.21. The summed E-state index contributed by atoms with van der Waals surface area (Å²) in [6.45, 7) is 7.49. The number of ether oxygens (including phenoxy) is 1. The average Bonchev–Trinajstić information content (AvgIpc) is 2.29. The Labute approximate surface area is 103 Å². The second kappa shape index (κ2) is 5.07. The maximum atomic E-state index is 5.82. The monoisotopic (exact) mass is 234 g/mol. The third-order valence-corrected chi connectivity index (χ3v) is 3.63. The van der Waals surface area contributed by atoms with E-state index in [1.807, 2.05) is 0 Å². The first-order valence-corrected chi connectivity index (χ1v) is 6.31. The Morgan fingerprint density at radius 1 is 1.41 bits per heavy atom. The highest BCUT2D eigenvalue weighted by molar-refractivity contribution is 5.57. The zero-order valence-electron chi connectivity index (χ0n) is 10.8. The molecule has 1 aliphatic heterocycles. The smallest absolute Gasteiger partial charge is 0.0574 e. The van der Waals surface area contributed by atoms with Crippen molar-refractivity contribution in [2.24, 2.45) is 11.1 Å². The zero-order chi connectivity index (χ0) is 12.3. The lowest BCUT2D eigenvalue weighted by Gasteiger charge is -2.41. The first kappa shape index (κ1) is 12.4. The van der Waals surface area contributed by atoms with E-state index in [0.29, 0.717) is 6.54 Å². The van der Waals surface area contributed by atoms with Crippen LogP contribution in [-0.4, -0.2) is 26.3 Å². The van der Waals surface area contributed by atoms with E-state index in [1.54, 1.807) is 0 Å². The summed E-state index contributed by atoms with van der Waals surface area (Å²) in [6.07, 6.45) is 1.05. The fourth-order valence-electron chi connectivity index (χ4n) is 2.23. The van der Waals surface area contributed by atoms with Gasteiger partial charge in [-0.3, -0.25) is 0 Å². The number of hydrogen-bond donors (Lipinski definition) is 2. The third kappa shape index (κ3) is 2.45. The number of para-hydroxylation sites is 1. The molecule has 3 heteroatoms. The molecule has 0 saturated carbocycles. The highest BCUT2D eigenvalue weighted by atomic mass is 16.5. The lowest BCUT2D eigenvalue weighted by molar-refractivity contribution is -0.0979. The molecule has 0 unspecified atom stereocenters. The molecule has 1 heterocycles. The Morgan fingerprint density at radius 3 is 2.71 bits per heavy atom. The van der Waals surface area contributed by atoms with E-state index in [0.717, 1.165) is 26.2 Å². The Kier molecular flexibility index (Phi) is 3.69. The fourth-order valence-corrected chi connectivity index (χ4v) is 2.23. The van der Waals surface area contributed by atoms with Crippen molar-refractivity contribution < 1.29 is 4.74 Å². The van der Waals surface area contributed by atoms with Gasteiger partial charge in [0.2, 0.25) is 0 Å². The van der Waals surface area contributed by atoms with Crippen LogP contribution in [0.4, 0.5) is 5.69 Å². The van der Waals surface area contributed by atoms with E-state index in [4.69, 9.17) is 10.5 Å². The molecule has 0 atom stereocenters. The summed E-state index contributed by atoms with van der Waals surface area (Å²) < 4.78 is 5.28. The Hall–Kier alpha value is -1.06. The number of nitrogens with two attached hydrogens (primary N) is 1. The van der Waals surface area contributed by atoms with E-state index in [-0.39, 0.29) is 5.41 Å². The minimum atomic E-state index is 0.146. The van der Waals surface area contributed by atoms with Crippen molar-refractivity contribution in [1.82, 2.24) is 0 Å². The van der Waals surface area contributed by atoms with Crippen LogP contribution in [0.2, 0.25) is 0 Å². The molecule has 0 amide bonds. The van der Waals surface area contributed by atoms with Gasteiger partial charge in [0, 0.05) is 24.2 Å². The SMILES string of the molecule is CCc1cccc(C)c1NCC1(CN)COC1. The van der Waals surface area contributed by atoms with Gasteiger partial charge in [0.05, 0.1) is 13.2 Å². The van der Waals surface area contributed by atoms with Gasteiger partial charge in [0.25, 0.3) is 0 Å². The van der Waals surface area contributed by atoms with E-state index < -0.39 is 0 Å². The molecule has 17 heavy (non-hydrogen) atoms. The van der Waals surface area contributed by atoms with Gasteiger partial charge in [0.15, 0.2) is 0 Å². The molecule has 1 aromatic carbocycles. The van der Waals surface area contributed by atoms with Crippen molar-refractivity contribution in [2.45, 2.75) is 20.3 Å². The lowest BCUT2D eigenvalue weighted by atomic mass is 9.86. The quantitative estimate of drug-likeness (QED) is 0.818. The van der Waals surface area contributed by atoms with Gasteiger partial charge in [-0.2, -0.15) is 0 Å². The summed E-state index contributed by atoms with van der Waals surface area (Å²) in [6, 6.07) is 6.44. The molecule has 3 N–H and O–H groups in total. The Bertz CT molecular complexity index is 380. The molecule has 1 aromatic rings. The predicted molar refractivity (Wildman–Crippen MR) is 71.4 cm³/mol. The van der Waals surface area contributed by atoms with Crippen LogP contribution >= 0.6 is 0 Å². The topological polar surface area (TPSA) is 47.3 Å². The molecular weight excluding hydrogens is 212 g/mol. The van der Waals surface area contributed by atoms with Gasteiger partial charge in [0.1, 0.15) is 0 Å². The van der Waals surface area contributed by atoms with Gasteiger partial charge in [-0.25, -0.2) is 0 Å². The maximum Gasteiger partial charge on any atom is 0.0574 e. The van der Waals surface area contributed by atoms with Crippen molar-refractivity contribution in [3.05, 3.63) is 29.3 Å². The van der Waals surface area contributed by atoms with Crippen molar-refractivity contribution in [3.8, 4) is 0 Å². The van der Waals surface area contributed by atoms with Crippen LogP contribution in [0.1, 0.15) is 18.1 Å². The normalized spacial score (nSPS) is 17.6. The van der Waals surface area contributed by atoms with Gasteiger partial charge in [-0.1, -0.05) is 25.1 Å². The number of hydrogen-bond acceptors (Lipinski definition) is 3. The summed E-state index contributed by atoms with van der Waals surface area (Å²) in [4.78, 5) is 0. The first-order valence-electron chi connectivity index (χ1n) is 6.31. The molecule has 0 bridgehead atoms. The Balaban J connectivity index is 2.08. The third-order valence-electron chi connectivity index (χ3n) is 3.63. The summed E-state index contributed by atoms with van der Waals surface area (Å²) >= 11 is 0. The van der Waals surface area contributed by atoms with Gasteiger partial charge >= 0.3 is 0 Å². The largest absolute Gasteiger partial charge is 0.384 e. The number of anilines is 1. The van der Waals surface area contributed by atoms with Crippen molar-refractivity contribution in [3.63, 3.8) is 0 Å². The standard InChI is InChI=1S/C14H22N2O/c1-3-12-6-4-5-11(2)13(12)16-8-14(7-15)9-17-10-14/h4-6,16H,3,7-10,15H2,1-2H3. The summed E-state index contributed by atoms with van der Waals surface area (Å²) in [5.74, 6) is 0. The van der Waals surface area contributed by atoms with Crippen LogP contribution in [0, 0.1) is 12.3 Å². The minimum absolute atomic E-state index is 0.146. The van der Waals surface area contributed by atoms with Gasteiger partial charge in [-0.05, 0) is 24.5 Å². The van der Waals surface area contributed by atoms with Crippen molar-refractivity contribution in [2.75, 3.05) is 31.6 Å². The fraction of sp³-hybridized carbons (Fsp3) is 0.571. The number of benzene rings is 1. The molecule has 3 nitrogen and oxygen atoms in total. The molecule has 0 radical (unpaired) electrons. The molecule has 94 valence electrons. The Morgan fingerprint density at radius 2 is 2.18 bits per heavy atom. The zero-order valence-corrected chi connectivity index (χ0v) is 10.8. The predicted octanol–water partition coefficient (Wildman–Crippen LogP) is 1.94. The van der Waals surface area contributed by atoms with Crippen LogP contribution in [-0.2, 0) is 11.2 Å². The molecule has 1 saturated heterocycles. The van der Waals surface area contributed by atoms with E-state index in [1.165, 1.54) is 16.8 Å². The lowest BCUT2D eigenvalue weighted by Crippen LogP contribution is -2.52. The van der Waals surface area contributed by atoms with Gasteiger partial charge < -0.3 is 15.8 Å². The minimum Gasteiger partial charge on any atom is -0.384 e. The molecule has 1 aliphatic rings. The van der Waals surface area contributed by atoms with Crippen LogP contribution in [0.5, 0.6) is 0 Å². The molecule has 0 aliphatic carbocycles. The molecular formula is C14H22N2O. The highest BCUT2D eigenvalue weighted by Gasteiger charge is 2.37. The number of rotatable bonds is 5. The summed E-state index contributed by atoms with van der Waals surface area (Å²) in [5.41, 5.74) is 9.92. The van der Waals surface area contributed by atoms with Crippen molar-refractivity contribution >= 4 is 5.69 Å². The molecule has 1 fully saturated rings. The average molecular weight is 234 g/mol. The second-order valence-corrected chi connectivity index (χ2v) is 5.01. The molecule has 0 aromatic heterocycles. The van der Waals surface area contributed by atoms with Crippen LogP contribution < -0.4 is 11.1 Å². The second-order valence-electron chi connectivity index (χ2n) is 5.01. The van der Waals surface area contributed by atoms with Crippen LogP contribution in [0.3, 0.4) is 0 Å². The highest BCUT2D eigenvalue weighted by Crippen LogP contribution is 2.28. The van der Waals surface area contributed by atoms with E-state index in [9.17, 15) is 0 Å². The number of nitrogens with one attached hydrogen (secondary N) is 1. The van der Waals surface area contributed by atoms with Crippen LogP contribution in [0.15, 0.2) is 18.2 Å².